The largest absolute Gasteiger partial charge is 1.00 e. The van der Waals surface area contributed by atoms with Crippen LogP contribution in [0.4, 0.5) is 0 Å². The number of morpholine rings is 1. The third-order valence-corrected chi connectivity index (χ3v) is 4.41. The van der Waals surface area contributed by atoms with Crippen molar-refractivity contribution in [3.8, 4) is 0 Å². The topological polar surface area (TPSA) is 32.8 Å². The Kier molecular flexibility index (Phi) is 13.6. The molecule has 1 amide bonds. The molecule has 2 aliphatic rings. The van der Waals surface area contributed by atoms with Gasteiger partial charge in [0.15, 0.2) is 0 Å². The van der Waals surface area contributed by atoms with Gasteiger partial charge in [-0.2, -0.15) is 13.3 Å². The van der Waals surface area contributed by atoms with Crippen LogP contribution in [0.15, 0.2) is 0 Å². The van der Waals surface area contributed by atoms with Crippen molar-refractivity contribution in [1.82, 2.24) is 9.80 Å². The van der Waals surface area contributed by atoms with E-state index in [2.05, 4.69) is 18.2 Å². The van der Waals surface area contributed by atoms with Crippen molar-refractivity contribution in [3.63, 3.8) is 0 Å². The molecule has 22 heavy (non-hydrogen) atoms. The van der Waals surface area contributed by atoms with Crippen molar-refractivity contribution in [1.29, 1.82) is 0 Å². The Morgan fingerprint density at radius 2 is 1.86 bits per heavy atom. The van der Waals surface area contributed by atoms with Crippen LogP contribution in [0.1, 0.15) is 53.4 Å². The minimum atomic E-state index is 0. The standard InChI is InChI=1S/C15H27N2O2.C2H6.Cs/c1-3-4-5-8-16-11-12-19-15(13-16)6-9-17(10-7-15)14(2)18;1-2;/h3H,4-13H2,1-2H3;1-2H3;/q-1;;+1. The molecule has 0 saturated carbocycles. The zero-order valence-electron chi connectivity index (χ0n) is 15.4. The SMILES string of the molecule is CC.C[CH-]CCCN1CCOC2(CCN(C(C)=O)CC2)C1.[Cs+]. The van der Waals surface area contributed by atoms with Gasteiger partial charge in [0.1, 0.15) is 0 Å². The fourth-order valence-corrected chi connectivity index (χ4v) is 3.16. The van der Waals surface area contributed by atoms with E-state index >= 15 is 0 Å². The van der Waals surface area contributed by atoms with Crippen LogP contribution in [0.5, 0.6) is 0 Å². The van der Waals surface area contributed by atoms with E-state index in [1.165, 1.54) is 19.4 Å². The number of hydrogen-bond donors (Lipinski definition) is 0. The summed E-state index contributed by atoms with van der Waals surface area (Å²) in [4.78, 5) is 15.9. The van der Waals surface area contributed by atoms with Crippen LogP contribution in [-0.2, 0) is 9.53 Å². The van der Waals surface area contributed by atoms with Gasteiger partial charge in [-0.3, -0.25) is 9.69 Å². The third kappa shape index (κ3) is 7.55. The average Bonchev–Trinajstić information content (AvgIpc) is 2.50. The van der Waals surface area contributed by atoms with Crippen molar-refractivity contribution in [2.45, 2.75) is 59.0 Å². The van der Waals surface area contributed by atoms with E-state index < -0.39 is 0 Å². The molecule has 2 aliphatic heterocycles. The summed E-state index contributed by atoms with van der Waals surface area (Å²) in [5, 5.41) is 0. The molecule has 0 aromatic rings. The number of hydrogen-bond acceptors (Lipinski definition) is 3. The molecule has 2 fully saturated rings. The molecule has 2 rings (SSSR count). The van der Waals surface area contributed by atoms with Gasteiger partial charge in [-0.15, -0.1) is 0 Å². The monoisotopic (exact) mass is 430 g/mol. The molecule has 0 bridgehead atoms. The van der Waals surface area contributed by atoms with Gasteiger partial charge in [0.05, 0.1) is 12.2 Å². The second kappa shape index (κ2) is 12.8. The van der Waals surface area contributed by atoms with Gasteiger partial charge in [0.25, 0.3) is 0 Å². The zero-order chi connectivity index (χ0) is 15.7. The molecule has 0 radical (unpaired) electrons. The Morgan fingerprint density at radius 3 is 2.41 bits per heavy atom. The maximum atomic E-state index is 11.4. The number of ether oxygens (including phenoxy) is 1. The number of unbranched alkanes of at least 4 members (excludes halogenated alkanes) is 2. The summed E-state index contributed by atoms with van der Waals surface area (Å²) in [6.45, 7) is 13.6. The Morgan fingerprint density at radius 1 is 1.23 bits per heavy atom. The van der Waals surface area contributed by atoms with E-state index in [-0.39, 0.29) is 80.4 Å². The van der Waals surface area contributed by atoms with Gasteiger partial charge in [0.2, 0.25) is 5.91 Å². The summed E-state index contributed by atoms with van der Waals surface area (Å²) in [5.74, 6) is 0.195. The van der Waals surface area contributed by atoms with E-state index in [0.29, 0.717) is 0 Å². The van der Waals surface area contributed by atoms with Gasteiger partial charge in [0, 0.05) is 33.1 Å². The van der Waals surface area contributed by atoms with Crippen molar-refractivity contribution in [2.24, 2.45) is 0 Å². The minimum absolute atomic E-state index is 0. The normalized spacial score (nSPS) is 20.8. The van der Waals surface area contributed by atoms with E-state index in [1.807, 2.05) is 18.7 Å². The molecule has 0 atom stereocenters. The molecule has 0 unspecified atom stereocenters. The molecule has 5 heteroatoms. The Labute approximate surface area is 196 Å². The number of piperidine rings is 1. The summed E-state index contributed by atoms with van der Waals surface area (Å²) < 4.78 is 6.08. The summed E-state index contributed by atoms with van der Waals surface area (Å²) in [6.07, 6.45) is 6.65. The van der Waals surface area contributed by atoms with Gasteiger partial charge in [-0.05, 0) is 19.4 Å². The quantitative estimate of drug-likeness (QED) is 0.455. The first-order valence-corrected chi connectivity index (χ1v) is 8.55. The summed E-state index contributed by atoms with van der Waals surface area (Å²) in [7, 11) is 0. The zero-order valence-corrected chi connectivity index (χ0v) is 21.6. The molecule has 1 spiro atoms. The van der Waals surface area contributed by atoms with Gasteiger partial charge in [-0.25, -0.2) is 0 Å². The number of carbonyl (C=O) groups excluding carboxylic acids is 1. The molecule has 2 saturated heterocycles. The molecule has 0 aliphatic carbocycles. The van der Waals surface area contributed by atoms with Crippen LogP contribution in [0.25, 0.3) is 0 Å². The molecule has 4 nitrogen and oxygen atoms in total. The van der Waals surface area contributed by atoms with E-state index in [1.54, 1.807) is 6.92 Å². The number of likely N-dealkylation sites (tertiary alicyclic amines) is 1. The number of amides is 1. The minimum Gasteiger partial charge on any atom is -0.372 e. The first-order chi connectivity index (χ1) is 10.2. The third-order valence-electron chi connectivity index (χ3n) is 4.41. The van der Waals surface area contributed by atoms with E-state index in [0.717, 1.165) is 45.6 Å². The van der Waals surface area contributed by atoms with Crippen LogP contribution in [0.2, 0.25) is 0 Å². The number of nitrogens with zero attached hydrogens (tertiary/aromatic N) is 2. The molecular formula is C17H33CsN2O2. The van der Waals surface area contributed by atoms with Gasteiger partial charge >= 0.3 is 68.9 Å². The summed E-state index contributed by atoms with van der Waals surface area (Å²) in [6, 6.07) is 0. The van der Waals surface area contributed by atoms with Gasteiger partial charge in [-0.1, -0.05) is 20.3 Å². The summed E-state index contributed by atoms with van der Waals surface area (Å²) >= 11 is 0. The summed E-state index contributed by atoms with van der Waals surface area (Å²) in [5.41, 5.74) is 0.0140. The van der Waals surface area contributed by atoms with E-state index in [9.17, 15) is 4.79 Å². The molecule has 2 heterocycles. The van der Waals surface area contributed by atoms with Crippen LogP contribution in [-0.4, -0.2) is 60.6 Å². The van der Waals surface area contributed by atoms with Crippen LogP contribution in [0, 0.1) is 6.42 Å². The van der Waals surface area contributed by atoms with Gasteiger partial charge < -0.3 is 16.1 Å². The van der Waals surface area contributed by atoms with Crippen LogP contribution in [0.3, 0.4) is 0 Å². The number of carbonyl (C=O) groups is 1. The van der Waals surface area contributed by atoms with Crippen LogP contribution < -0.4 is 68.9 Å². The predicted molar refractivity (Wildman–Crippen MR) is 87.2 cm³/mol. The first kappa shape index (κ1) is 23.4. The van der Waals surface area contributed by atoms with Crippen LogP contribution >= 0.6 is 0 Å². The van der Waals surface area contributed by atoms with Crippen molar-refractivity contribution in [2.75, 3.05) is 39.3 Å². The smallest absolute Gasteiger partial charge is 0.372 e. The molecule has 0 N–H and O–H groups in total. The molecule has 0 aromatic heterocycles. The Hall–Kier alpha value is 1.44. The number of rotatable bonds is 4. The first-order valence-electron chi connectivity index (χ1n) is 8.55. The second-order valence-electron chi connectivity index (χ2n) is 5.86. The van der Waals surface area contributed by atoms with Crippen molar-refractivity contribution in [3.05, 3.63) is 6.42 Å². The second-order valence-corrected chi connectivity index (χ2v) is 5.86. The van der Waals surface area contributed by atoms with Crippen molar-refractivity contribution >= 4 is 5.91 Å². The Balaban J connectivity index is 0.00000141. The fraction of sp³-hybridized carbons (Fsp3) is 0.882. The van der Waals surface area contributed by atoms with Crippen molar-refractivity contribution < 1.29 is 78.4 Å². The average molecular weight is 430 g/mol. The fourth-order valence-electron chi connectivity index (χ4n) is 3.16. The maximum absolute atomic E-state index is 11.4. The molecular weight excluding hydrogens is 397 g/mol. The maximum Gasteiger partial charge on any atom is 1.00 e. The van der Waals surface area contributed by atoms with E-state index in [4.69, 9.17) is 4.74 Å². The molecule has 0 aromatic carbocycles. The Bertz CT molecular complexity index is 305. The molecule has 124 valence electrons. The predicted octanol–water partition coefficient (Wildman–Crippen LogP) is -0.266.